The number of aryl methyl sites for hydroxylation is 1. The summed E-state index contributed by atoms with van der Waals surface area (Å²) in [5, 5.41) is 0. The van der Waals surface area contributed by atoms with E-state index in [0.29, 0.717) is 18.8 Å². The maximum absolute atomic E-state index is 11.4. The molecule has 4 nitrogen and oxygen atoms in total. The summed E-state index contributed by atoms with van der Waals surface area (Å²) >= 11 is 0. The Hall–Kier alpha value is -3.27. The van der Waals surface area contributed by atoms with E-state index in [1.54, 1.807) is 24.3 Å². The Morgan fingerprint density at radius 2 is 1.39 bits per heavy atom. The van der Waals surface area contributed by atoms with Crippen LogP contribution in [-0.4, -0.2) is 19.7 Å². The molecule has 0 fully saturated rings. The fourth-order valence-electron chi connectivity index (χ4n) is 2.76. The monoisotopic (exact) mass is 376 g/mol. The Morgan fingerprint density at radius 1 is 0.750 bits per heavy atom. The van der Waals surface area contributed by atoms with Crippen LogP contribution < -0.4 is 9.47 Å². The standard InChI is InChI=1S/C24H24O4/c1-26-24(25)21-11-15-22(16-12-21)27-17-5-8-19-9-13-23(14-10-19)28-18-20-6-3-2-4-7-20/h2-4,6-7,9-16H,5,8,17-18H2,1H3. The molecular weight excluding hydrogens is 352 g/mol. The lowest BCUT2D eigenvalue weighted by atomic mass is 10.1. The number of hydrogen-bond acceptors (Lipinski definition) is 4. The number of hydrogen-bond donors (Lipinski definition) is 0. The summed E-state index contributed by atoms with van der Waals surface area (Å²) in [5.41, 5.74) is 2.92. The zero-order chi connectivity index (χ0) is 19.6. The Balaban J connectivity index is 1.38. The molecule has 0 saturated heterocycles. The van der Waals surface area contributed by atoms with Gasteiger partial charge in [0.2, 0.25) is 0 Å². The second kappa shape index (κ2) is 10.2. The number of benzene rings is 3. The van der Waals surface area contributed by atoms with Crippen LogP contribution in [0.1, 0.15) is 27.9 Å². The van der Waals surface area contributed by atoms with Gasteiger partial charge in [-0.3, -0.25) is 0 Å². The van der Waals surface area contributed by atoms with Gasteiger partial charge in [0.25, 0.3) is 0 Å². The van der Waals surface area contributed by atoms with Crippen LogP contribution in [0.3, 0.4) is 0 Å². The van der Waals surface area contributed by atoms with Gasteiger partial charge in [0.05, 0.1) is 19.3 Å². The Bertz CT molecular complexity index is 855. The van der Waals surface area contributed by atoms with Gasteiger partial charge in [0.1, 0.15) is 18.1 Å². The molecule has 0 atom stereocenters. The van der Waals surface area contributed by atoms with Crippen molar-refractivity contribution in [2.24, 2.45) is 0 Å². The third-order valence-corrected chi connectivity index (χ3v) is 4.33. The maximum Gasteiger partial charge on any atom is 0.337 e. The van der Waals surface area contributed by atoms with Crippen LogP contribution in [0.5, 0.6) is 11.5 Å². The van der Waals surface area contributed by atoms with Crippen LogP contribution in [0.15, 0.2) is 78.9 Å². The second-order valence-electron chi connectivity index (χ2n) is 6.39. The number of carbonyl (C=O) groups excluding carboxylic acids is 1. The topological polar surface area (TPSA) is 44.8 Å². The highest BCUT2D eigenvalue weighted by Gasteiger charge is 2.04. The van der Waals surface area contributed by atoms with Crippen molar-refractivity contribution >= 4 is 5.97 Å². The average Bonchev–Trinajstić information content (AvgIpc) is 2.76. The normalized spacial score (nSPS) is 10.3. The highest BCUT2D eigenvalue weighted by molar-refractivity contribution is 5.89. The molecule has 28 heavy (non-hydrogen) atoms. The molecule has 3 aromatic carbocycles. The summed E-state index contributed by atoms with van der Waals surface area (Å²) in [4.78, 5) is 11.4. The van der Waals surface area contributed by atoms with Crippen LogP contribution in [-0.2, 0) is 17.8 Å². The largest absolute Gasteiger partial charge is 0.494 e. The van der Waals surface area contributed by atoms with Crippen molar-refractivity contribution in [3.05, 3.63) is 95.6 Å². The highest BCUT2D eigenvalue weighted by Crippen LogP contribution is 2.16. The molecule has 4 heteroatoms. The minimum atomic E-state index is -0.345. The van der Waals surface area contributed by atoms with E-state index in [1.807, 2.05) is 30.3 Å². The zero-order valence-electron chi connectivity index (χ0n) is 16.0. The molecule has 0 radical (unpaired) electrons. The van der Waals surface area contributed by atoms with E-state index in [2.05, 4.69) is 29.0 Å². The number of ether oxygens (including phenoxy) is 3. The van der Waals surface area contributed by atoms with E-state index >= 15 is 0 Å². The lowest BCUT2D eigenvalue weighted by molar-refractivity contribution is 0.0600. The molecule has 0 aliphatic carbocycles. The first-order valence-electron chi connectivity index (χ1n) is 9.31. The van der Waals surface area contributed by atoms with Gasteiger partial charge < -0.3 is 14.2 Å². The molecule has 0 N–H and O–H groups in total. The lowest BCUT2D eigenvalue weighted by Crippen LogP contribution is -2.02. The molecule has 3 aromatic rings. The van der Waals surface area contributed by atoms with E-state index in [4.69, 9.17) is 9.47 Å². The van der Waals surface area contributed by atoms with Crippen LogP contribution >= 0.6 is 0 Å². The molecular formula is C24H24O4. The van der Waals surface area contributed by atoms with Gasteiger partial charge in [-0.25, -0.2) is 4.79 Å². The molecule has 0 spiro atoms. The Kier molecular flexibility index (Phi) is 7.08. The van der Waals surface area contributed by atoms with Gasteiger partial charge in [0, 0.05) is 0 Å². The number of rotatable bonds is 9. The van der Waals surface area contributed by atoms with E-state index in [1.165, 1.54) is 12.7 Å². The zero-order valence-corrected chi connectivity index (χ0v) is 16.0. The fraction of sp³-hybridized carbons (Fsp3) is 0.208. The predicted molar refractivity (Wildman–Crippen MR) is 109 cm³/mol. The van der Waals surface area contributed by atoms with Crippen molar-refractivity contribution in [2.45, 2.75) is 19.4 Å². The minimum absolute atomic E-state index is 0.345. The molecule has 0 unspecified atom stereocenters. The van der Waals surface area contributed by atoms with Gasteiger partial charge in [0.15, 0.2) is 0 Å². The SMILES string of the molecule is COC(=O)c1ccc(OCCCc2ccc(OCc3ccccc3)cc2)cc1. The van der Waals surface area contributed by atoms with Crippen LogP contribution in [0.2, 0.25) is 0 Å². The Labute approximate surface area is 165 Å². The summed E-state index contributed by atoms with van der Waals surface area (Å²) in [5.74, 6) is 1.27. The summed E-state index contributed by atoms with van der Waals surface area (Å²) in [6.07, 6.45) is 1.84. The molecule has 144 valence electrons. The van der Waals surface area contributed by atoms with E-state index in [0.717, 1.165) is 29.9 Å². The molecule has 0 saturated carbocycles. The van der Waals surface area contributed by atoms with Gasteiger partial charge in [-0.15, -0.1) is 0 Å². The predicted octanol–water partition coefficient (Wildman–Crippen LogP) is 5.06. The average molecular weight is 376 g/mol. The molecule has 0 amide bonds. The third kappa shape index (κ3) is 5.88. The van der Waals surface area contributed by atoms with Crippen molar-refractivity contribution < 1.29 is 19.0 Å². The summed E-state index contributed by atoms with van der Waals surface area (Å²) in [7, 11) is 1.37. The fourth-order valence-corrected chi connectivity index (χ4v) is 2.76. The lowest BCUT2D eigenvalue weighted by Gasteiger charge is -2.09. The van der Waals surface area contributed by atoms with Gasteiger partial charge in [-0.1, -0.05) is 42.5 Å². The van der Waals surface area contributed by atoms with Crippen molar-refractivity contribution in [2.75, 3.05) is 13.7 Å². The first-order chi connectivity index (χ1) is 13.7. The van der Waals surface area contributed by atoms with Gasteiger partial charge >= 0.3 is 5.97 Å². The van der Waals surface area contributed by atoms with Crippen LogP contribution in [0, 0.1) is 0 Å². The summed E-state index contributed by atoms with van der Waals surface area (Å²) < 4.78 is 16.2. The smallest absolute Gasteiger partial charge is 0.337 e. The Morgan fingerprint density at radius 3 is 2.07 bits per heavy atom. The summed E-state index contributed by atoms with van der Waals surface area (Å²) in [6, 6.07) is 25.3. The first-order valence-corrected chi connectivity index (χ1v) is 9.31. The summed E-state index contributed by atoms with van der Waals surface area (Å²) in [6.45, 7) is 1.19. The molecule has 0 aliphatic rings. The van der Waals surface area contributed by atoms with Crippen LogP contribution in [0.4, 0.5) is 0 Å². The molecule has 0 aromatic heterocycles. The molecule has 0 bridgehead atoms. The third-order valence-electron chi connectivity index (χ3n) is 4.33. The van der Waals surface area contributed by atoms with Gasteiger partial charge in [-0.2, -0.15) is 0 Å². The molecule has 0 heterocycles. The quantitative estimate of drug-likeness (QED) is 0.387. The van der Waals surface area contributed by atoms with E-state index < -0.39 is 0 Å². The number of carbonyl (C=O) groups is 1. The minimum Gasteiger partial charge on any atom is -0.494 e. The van der Waals surface area contributed by atoms with Crippen LogP contribution in [0.25, 0.3) is 0 Å². The van der Waals surface area contributed by atoms with Crippen molar-refractivity contribution in [1.82, 2.24) is 0 Å². The number of methoxy groups -OCH3 is 1. The second-order valence-corrected chi connectivity index (χ2v) is 6.39. The van der Waals surface area contributed by atoms with Crippen molar-refractivity contribution in [3.63, 3.8) is 0 Å². The number of esters is 1. The van der Waals surface area contributed by atoms with E-state index in [-0.39, 0.29) is 5.97 Å². The molecule has 3 rings (SSSR count). The van der Waals surface area contributed by atoms with Crippen molar-refractivity contribution in [3.8, 4) is 11.5 Å². The van der Waals surface area contributed by atoms with Gasteiger partial charge in [-0.05, 0) is 60.4 Å². The maximum atomic E-state index is 11.4. The van der Waals surface area contributed by atoms with E-state index in [9.17, 15) is 4.79 Å². The first kappa shape index (κ1) is 19.5. The highest BCUT2D eigenvalue weighted by atomic mass is 16.5. The molecule has 0 aliphatic heterocycles. The van der Waals surface area contributed by atoms with Crippen molar-refractivity contribution in [1.29, 1.82) is 0 Å².